The highest BCUT2D eigenvalue weighted by Gasteiger charge is 2.09. The van der Waals surface area contributed by atoms with Crippen LogP contribution in [0.4, 0.5) is 0 Å². The van der Waals surface area contributed by atoms with Crippen LogP contribution in [-0.2, 0) is 6.61 Å². The van der Waals surface area contributed by atoms with Crippen molar-refractivity contribution in [2.75, 3.05) is 7.11 Å². The first kappa shape index (κ1) is 15.4. The zero-order valence-electron chi connectivity index (χ0n) is 13.0. The van der Waals surface area contributed by atoms with Crippen LogP contribution in [0.2, 0.25) is 0 Å². The van der Waals surface area contributed by atoms with Crippen LogP contribution in [0.3, 0.4) is 0 Å². The summed E-state index contributed by atoms with van der Waals surface area (Å²) in [6, 6.07) is 11.8. The third-order valence-corrected chi connectivity index (χ3v) is 3.64. The van der Waals surface area contributed by atoms with E-state index in [9.17, 15) is 5.11 Å². The van der Waals surface area contributed by atoms with E-state index >= 15 is 0 Å². The maximum atomic E-state index is 9.60. The van der Waals surface area contributed by atoms with Crippen molar-refractivity contribution in [2.45, 2.75) is 33.5 Å². The maximum absolute atomic E-state index is 9.60. The third-order valence-electron chi connectivity index (χ3n) is 3.64. The summed E-state index contributed by atoms with van der Waals surface area (Å²) in [5.41, 5.74) is 4.47. The molecular weight excluding hydrogens is 264 g/mol. The van der Waals surface area contributed by atoms with Crippen LogP contribution >= 0.6 is 0 Å². The smallest absolute Gasteiger partial charge is 0.161 e. The lowest BCUT2D eigenvalue weighted by molar-refractivity contribution is 0.198. The van der Waals surface area contributed by atoms with Crippen molar-refractivity contribution < 1.29 is 14.6 Å². The van der Waals surface area contributed by atoms with E-state index in [4.69, 9.17) is 9.47 Å². The van der Waals surface area contributed by atoms with Gasteiger partial charge in [-0.25, -0.2) is 0 Å². The van der Waals surface area contributed by atoms with Gasteiger partial charge in [0, 0.05) is 0 Å². The summed E-state index contributed by atoms with van der Waals surface area (Å²) >= 11 is 0. The molecule has 0 saturated heterocycles. The van der Waals surface area contributed by atoms with Crippen LogP contribution in [0.5, 0.6) is 11.5 Å². The van der Waals surface area contributed by atoms with Gasteiger partial charge in [-0.1, -0.05) is 24.3 Å². The fraction of sp³-hybridized carbons (Fsp3) is 0.333. The van der Waals surface area contributed by atoms with Crippen molar-refractivity contribution in [3.63, 3.8) is 0 Å². The molecule has 3 nitrogen and oxygen atoms in total. The molecule has 3 heteroatoms. The van der Waals surface area contributed by atoms with Crippen LogP contribution in [0.25, 0.3) is 0 Å². The summed E-state index contributed by atoms with van der Waals surface area (Å²) in [6.07, 6.45) is -0.521. The predicted octanol–water partition coefficient (Wildman–Crippen LogP) is 3.94. The Morgan fingerprint density at radius 3 is 2.38 bits per heavy atom. The maximum Gasteiger partial charge on any atom is 0.161 e. The Bertz CT molecular complexity index is 618. The Morgan fingerprint density at radius 2 is 1.76 bits per heavy atom. The highest BCUT2D eigenvalue weighted by Crippen LogP contribution is 2.31. The summed E-state index contributed by atoms with van der Waals surface area (Å²) in [5, 5.41) is 9.60. The number of aryl methyl sites for hydroxylation is 2. The highest BCUT2D eigenvalue weighted by atomic mass is 16.5. The van der Waals surface area contributed by atoms with Crippen LogP contribution in [-0.4, -0.2) is 12.2 Å². The van der Waals surface area contributed by atoms with Gasteiger partial charge in [0.15, 0.2) is 11.5 Å². The number of methoxy groups -OCH3 is 1. The fourth-order valence-corrected chi connectivity index (χ4v) is 2.12. The van der Waals surface area contributed by atoms with Gasteiger partial charge in [-0.3, -0.25) is 0 Å². The van der Waals surface area contributed by atoms with E-state index in [0.29, 0.717) is 18.1 Å². The number of hydrogen-bond acceptors (Lipinski definition) is 3. The Balaban J connectivity index is 2.13. The van der Waals surface area contributed by atoms with E-state index in [-0.39, 0.29) is 0 Å². The zero-order chi connectivity index (χ0) is 15.4. The van der Waals surface area contributed by atoms with E-state index in [1.54, 1.807) is 20.1 Å². The lowest BCUT2D eigenvalue weighted by atomic mass is 10.1. The van der Waals surface area contributed by atoms with Gasteiger partial charge in [-0.05, 0) is 55.2 Å². The van der Waals surface area contributed by atoms with Gasteiger partial charge in [0.2, 0.25) is 0 Å². The third kappa shape index (κ3) is 3.76. The minimum Gasteiger partial charge on any atom is -0.493 e. The van der Waals surface area contributed by atoms with E-state index < -0.39 is 6.10 Å². The van der Waals surface area contributed by atoms with Gasteiger partial charge in [0.1, 0.15) is 6.61 Å². The molecule has 0 spiro atoms. The van der Waals surface area contributed by atoms with Gasteiger partial charge >= 0.3 is 0 Å². The first-order valence-corrected chi connectivity index (χ1v) is 7.06. The molecule has 0 aromatic heterocycles. The fourth-order valence-electron chi connectivity index (χ4n) is 2.12. The Labute approximate surface area is 126 Å². The van der Waals surface area contributed by atoms with Crippen molar-refractivity contribution in [1.82, 2.24) is 0 Å². The number of hydrogen-bond donors (Lipinski definition) is 1. The molecule has 0 fully saturated rings. The van der Waals surface area contributed by atoms with Crippen molar-refractivity contribution in [1.29, 1.82) is 0 Å². The summed E-state index contributed by atoms with van der Waals surface area (Å²) in [7, 11) is 1.60. The number of benzene rings is 2. The molecular formula is C18H22O3. The summed E-state index contributed by atoms with van der Waals surface area (Å²) < 4.78 is 11.2. The minimum atomic E-state index is -0.521. The Morgan fingerprint density at radius 1 is 1.00 bits per heavy atom. The minimum absolute atomic E-state index is 0.492. The summed E-state index contributed by atoms with van der Waals surface area (Å²) in [5.74, 6) is 1.32. The number of ether oxygens (including phenoxy) is 2. The number of aliphatic hydroxyl groups excluding tert-OH is 1. The second-order valence-electron chi connectivity index (χ2n) is 5.29. The summed E-state index contributed by atoms with van der Waals surface area (Å²) in [4.78, 5) is 0. The molecule has 0 heterocycles. The molecule has 0 bridgehead atoms. The van der Waals surface area contributed by atoms with Crippen LogP contribution < -0.4 is 9.47 Å². The largest absolute Gasteiger partial charge is 0.493 e. The molecule has 2 rings (SSSR count). The second kappa shape index (κ2) is 6.64. The van der Waals surface area contributed by atoms with E-state index in [2.05, 4.69) is 32.0 Å². The van der Waals surface area contributed by atoms with Gasteiger partial charge in [0.05, 0.1) is 13.2 Å². The second-order valence-corrected chi connectivity index (χ2v) is 5.29. The molecule has 2 aromatic carbocycles. The van der Waals surface area contributed by atoms with Crippen LogP contribution in [0.1, 0.15) is 35.3 Å². The first-order chi connectivity index (χ1) is 10.0. The van der Waals surface area contributed by atoms with E-state index in [1.165, 1.54) is 11.1 Å². The quantitative estimate of drug-likeness (QED) is 0.904. The summed E-state index contributed by atoms with van der Waals surface area (Å²) in [6.45, 7) is 6.41. The van der Waals surface area contributed by atoms with Gasteiger partial charge in [0.25, 0.3) is 0 Å². The molecule has 0 radical (unpaired) electrons. The lowest BCUT2D eigenvalue weighted by Crippen LogP contribution is -2.00. The van der Waals surface area contributed by atoms with Crippen LogP contribution in [0, 0.1) is 13.8 Å². The molecule has 2 aromatic rings. The topological polar surface area (TPSA) is 38.7 Å². The molecule has 0 amide bonds. The SMILES string of the molecule is COc1cc(C(C)O)ccc1OCc1ccc(C)c(C)c1. The Hall–Kier alpha value is -2.00. The van der Waals surface area contributed by atoms with Crippen molar-refractivity contribution in [2.24, 2.45) is 0 Å². The number of aliphatic hydroxyl groups is 1. The average molecular weight is 286 g/mol. The van der Waals surface area contributed by atoms with Gasteiger partial charge < -0.3 is 14.6 Å². The normalized spacial score (nSPS) is 12.0. The van der Waals surface area contributed by atoms with E-state index in [1.807, 2.05) is 12.1 Å². The molecule has 0 aliphatic rings. The Kier molecular flexibility index (Phi) is 4.86. The monoisotopic (exact) mass is 286 g/mol. The molecule has 0 aliphatic heterocycles. The molecule has 0 saturated carbocycles. The molecule has 1 atom stereocenters. The van der Waals surface area contributed by atoms with Gasteiger partial charge in [-0.15, -0.1) is 0 Å². The molecule has 112 valence electrons. The molecule has 1 N–H and O–H groups in total. The molecule has 21 heavy (non-hydrogen) atoms. The highest BCUT2D eigenvalue weighted by molar-refractivity contribution is 5.43. The number of rotatable bonds is 5. The van der Waals surface area contributed by atoms with Crippen molar-refractivity contribution in [3.8, 4) is 11.5 Å². The zero-order valence-corrected chi connectivity index (χ0v) is 13.0. The predicted molar refractivity (Wildman–Crippen MR) is 83.9 cm³/mol. The average Bonchev–Trinajstić information content (AvgIpc) is 2.48. The molecule has 0 aliphatic carbocycles. The lowest BCUT2D eigenvalue weighted by Gasteiger charge is -2.14. The molecule has 1 unspecified atom stereocenters. The first-order valence-electron chi connectivity index (χ1n) is 7.06. The van der Waals surface area contributed by atoms with Crippen molar-refractivity contribution in [3.05, 3.63) is 58.7 Å². The van der Waals surface area contributed by atoms with Gasteiger partial charge in [-0.2, -0.15) is 0 Å². The van der Waals surface area contributed by atoms with Crippen molar-refractivity contribution >= 4 is 0 Å². The van der Waals surface area contributed by atoms with E-state index in [0.717, 1.165) is 11.1 Å². The van der Waals surface area contributed by atoms with Crippen LogP contribution in [0.15, 0.2) is 36.4 Å². The standard InChI is InChI=1S/C18H22O3/c1-12-5-6-15(9-13(12)2)11-21-17-8-7-16(14(3)19)10-18(17)20-4/h5-10,14,19H,11H2,1-4H3.